The Labute approximate surface area is 289 Å². The number of nitrogens with zero attached hydrogens (tertiary/aromatic N) is 1. The number of carboxylic acid groups (broad SMARTS) is 2. The van der Waals surface area contributed by atoms with Gasteiger partial charge in [-0.1, -0.05) is 41.5 Å². The SMILES string of the molecule is CC(C)(C)NC(CC(=O)C(C)(C)C)C(=O)O.CC(C)(C)NC(CC(=O)O)C(=O)C(C)(C)C.CC(C)(C)NC1CC(=O)N(C(C)(C)C)C1=O. The Morgan fingerprint density at radius 3 is 1.35 bits per heavy atom. The standard InChI is InChI=1S/C12H22N2O2.2C12H23NO3/c1-11(2,3)13-8-7-9(15)14(10(8)16)12(4,5)6;1-11(2,3)10(16)8(7-9(14)15)13-12(4,5)6;1-11(2,3)9(14)7-8(10(15)16)13-12(4,5)6/h8,13H,7H2,1-6H3;8,13H,7H2,1-6H3,(H,14,15);8,13H,7H2,1-6H3,(H,15,16). The molecule has 0 aromatic heterocycles. The number of carbonyl (C=O) groups excluding carboxylic acids is 4. The van der Waals surface area contributed by atoms with Gasteiger partial charge in [-0.05, 0) is 83.1 Å². The summed E-state index contributed by atoms with van der Waals surface area (Å²) in [6.07, 6.45) is 0.122. The van der Waals surface area contributed by atoms with Crippen LogP contribution in [0.2, 0.25) is 0 Å². The van der Waals surface area contributed by atoms with Gasteiger partial charge in [0.05, 0.1) is 24.9 Å². The summed E-state index contributed by atoms with van der Waals surface area (Å²) in [7, 11) is 0. The number of likely N-dealkylation sites (tertiary alicyclic amines) is 1. The maximum Gasteiger partial charge on any atom is 0.321 e. The van der Waals surface area contributed by atoms with Crippen LogP contribution < -0.4 is 16.0 Å². The van der Waals surface area contributed by atoms with Gasteiger partial charge >= 0.3 is 11.9 Å². The van der Waals surface area contributed by atoms with E-state index in [-0.39, 0.29) is 65.3 Å². The number of rotatable bonds is 9. The highest BCUT2D eigenvalue weighted by Gasteiger charge is 2.45. The van der Waals surface area contributed by atoms with Crippen LogP contribution in [-0.2, 0) is 28.8 Å². The van der Waals surface area contributed by atoms with Crippen LogP contribution in [0.15, 0.2) is 0 Å². The van der Waals surface area contributed by atoms with Crippen molar-refractivity contribution in [3.63, 3.8) is 0 Å². The van der Waals surface area contributed by atoms with Crippen LogP contribution in [0.25, 0.3) is 0 Å². The van der Waals surface area contributed by atoms with Gasteiger partial charge in [-0.2, -0.15) is 0 Å². The zero-order valence-corrected chi connectivity index (χ0v) is 33.1. The molecule has 3 atom stereocenters. The second-order valence-corrected chi connectivity index (χ2v) is 18.7. The Hall–Kier alpha value is -2.70. The summed E-state index contributed by atoms with van der Waals surface area (Å²) in [6.45, 7) is 33.8. The smallest absolute Gasteiger partial charge is 0.321 e. The average molecular weight is 685 g/mol. The molecule has 1 heterocycles. The van der Waals surface area contributed by atoms with Crippen LogP contribution in [0.1, 0.15) is 144 Å². The zero-order chi connectivity index (χ0) is 39.0. The van der Waals surface area contributed by atoms with Crippen LogP contribution in [-0.4, -0.2) is 90.7 Å². The van der Waals surface area contributed by atoms with E-state index in [0.29, 0.717) is 0 Å². The van der Waals surface area contributed by atoms with Crippen molar-refractivity contribution < 1.29 is 39.0 Å². The van der Waals surface area contributed by atoms with E-state index in [4.69, 9.17) is 10.2 Å². The van der Waals surface area contributed by atoms with Crippen molar-refractivity contribution in [3.8, 4) is 0 Å². The van der Waals surface area contributed by atoms with E-state index in [2.05, 4.69) is 16.0 Å². The minimum Gasteiger partial charge on any atom is -0.481 e. The van der Waals surface area contributed by atoms with Crippen LogP contribution in [0, 0.1) is 10.8 Å². The number of aliphatic carboxylic acids is 2. The van der Waals surface area contributed by atoms with E-state index in [1.165, 1.54) is 4.90 Å². The highest BCUT2D eigenvalue weighted by atomic mass is 16.4. The molecule has 3 unspecified atom stereocenters. The molecule has 0 aromatic carbocycles. The van der Waals surface area contributed by atoms with Crippen molar-refractivity contribution in [1.82, 2.24) is 20.9 Å². The van der Waals surface area contributed by atoms with Gasteiger partial charge in [0.1, 0.15) is 11.8 Å². The summed E-state index contributed by atoms with van der Waals surface area (Å²) >= 11 is 0. The lowest BCUT2D eigenvalue weighted by atomic mass is 9.84. The molecular formula is C36H68N4O8. The van der Waals surface area contributed by atoms with Crippen molar-refractivity contribution >= 4 is 35.3 Å². The molecule has 12 nitrogen and oxygen atoms in total. The van der Waals surface area contributed by atoms with Crippen LogP contribution >= 0.6 is 0 Å². The monoisotopic (exact) mass is 685 g/mol. The lowest BCUT2D eigenvalue weighted by Crippen LogP contribution is -2.51. The van der Waals surface area contributed by atoms with Gasteiger partial charge in [0.2, 0.25) is 11.8 Å². The van der Waals surface area contributed by atoms with Crippen LogP contribution in [0.5, 0.6) is 0 Å². The van der Waals surface area contributed by atoms with E-state index in [1.54, 1.807) is 41.5 Å². The summed E-state index contributed by atoms with van der Waals surface area (Å²) in [6, 6.07) is -1.81. The Bertz CT molecular complexity index is 1120. The maximum absolute atomic E-state index is 12.1. The number of Topliss-reactive ketones (excluding diaryl/α,β-unsaturated/α-hetero) is 2. The number of hydrogen-bond acceptors (Lipinski definition) is 9. The molecule has 280 valence electrons. The molecule has 1 aliphatic heterocycles. The minimum absolute atomic E-state index is 0.0239. The molecule has 0 radical (unpaired) electrons. The molecule has 0 spiro atoms. The fraction of sp³-hybridized carbons (Fsp3) is 0.833. The largest absolute Gasteiger partial charge is 0.481 e. The summed E-state index contributed by atoms with van der Waals surface area (Å²) in [5.41, 5.74) is -2.20. The number of nitrogens with one attached hydrogen (secondary N) is 3. The Morgan fingerprint density at radius 2 is 1.08 bits per heavy atom. The van der Waals surface area contributed by atoms with Gasteiger partial charge in [0.25, 0.3) is 0 Å². The van der Waals surface area contributed by atoms with E-state index >= 15 is 0 Å². The first-order valence-corrected chi connectivity index (χ1v) is 16.6. The minimum atomic E-state index is -0.979. The number of hydrogen-bond donors (Lipinski definition) is 5. The third-order valence-corrected chi connectivity index (χ3v) is 6.60. The molecule has 0 saturated carbocycles. The average Bonchev–Trinajstić information content (AvgIpc) is 3.06. The number of imide groups is 1. The predicted octanol–water partition coefficient (Wildman–Crippen LogP) is 4.97. The number of ketones is 2. The third-order valence-electron chi connectivity index (χ3n) is 6.60. The number of carboxylic acids is 2. The molecule has 5 N–H and O–H groups in total. The van der Waals surface area contributed by atoms with Gasteiger partial charge < -0.3 is 20.8 Å². The Balaban J connectivity index is 0. The molecule has 2 amide bonds. The number of carbonyl (C=O) groups is 6. The van der Waals surface area contributed by atoms with Gasteiger partial charge in [-0.3, -0.25) is 39.0 Å². The maximum atomic E-state index is 12.1. The van der Waals surface area contributed by atoms with E-state index in [9.17, 15) is 28.8 Å². The Kier molecular flexibility index (Phi) is 17.1. The summed E-state index contributed by atoms with van der Waals surface area (Å²) in [5, 5.41) is 27.0. The normalized spacial score (nSPS) is 17.5. The molecular weight excluding hydrogens is 616 g/mol. The Morgan fingerprint density at radius 1 is 0.667 bits per heavy atom. The second-order valence-electron chi connectivity index (χ2n) is 18.7. The van der Waals surface area contributed by atoms with E-state index in [0.717, 1.165) is 0 Å². The highest BCUT2D eigenvalue weighted by molar-refractivity contribution is 6.06. The van der Waals surface area contributed by atoms with Gasteiger partial charge in [-0.25, -0.2) is 0 Å². The van der Waals surface area contributed by atoms with Crippen molar-refractivity contribution in [2.24, 2.45) is 10.8 Å². The summed E-state index contributed by atoms with van der Waals surface area (Å²) in [5.74, 6) is -2.24. The molecule has 0 aliphatic carbocycles. The second kappa shape index (κ2) is 17.3. The molecule has 1 rings (SSSR count). The molecule has 1 saturated heterocycles. The molecule has 1 fully saturated rings. The van der Waals surface area contributed by atoms with E-state index < -0.39 is 40.4 Å². The quantitative estimate of drug-likeness (QED) is 0.207. The van der Waals surface area contributed by atoms with Gasteiger partial charge in [0.15, 0.2) is 5.78 Å². The summed E-state index contributed by atoms with van der Waals surface area (Å²) in [4.78, 5) is 70.8. The first-order valence-electron chi connectivity index (χ1n) is 16.6. The fourth-order valence-corrected chi connectivity index (χ4v) is 4.62. The van der Waals surface area contributed by atoms with Crippen molar-refractivity contribution in [1.29, 1.82) is 0 Å². The third kappa shape index (κ3) is 20.0. The van der Waals surface area contributed by atoms with Crippen molar-refractivity contribution in [2.75, 3.05) is 0 Å². The van der Waals surface area contributed by atoms with Crippen molar-refractivity contribution in [2.45, 2.75) is 184 Å². The van der Waals surface area contributed by atoms with Gasteiger partial charge in [0, 0.05) is 39.4 Å². The first kappa shape index (κ1) is 47.4. The fourth-order valence-electron chi connectivity index (χ4n) is 4.62. The predicted molar refractivity (Wildman–Crippen MR) is 190 cm³/mol. The topological polar surface area (TPSA) is 182 Å². The van der Waals surface area contributed by atoms with Crippen LogP contribution in [0.4, 0.5) is 0 Å². The van der Waals surface area contributed by atoms with E-state index in [1.807, 2.05) is 83.1 Å². The van der Waals surface area contributed by atoms with Crippen molar-refractivity contribution in [3.05, 3.63) is 0 Å². The van der Waals surface area contributed by atoms with Crippen LogP contribution in [0.3, 0.4) is 0 Å². The lowest BCUT2D eigenvalue weighted by Gasteiger charge is -2.31. The molecule has 0 bridgehead atoms. The molecule has 48 heavy (non-hydrogen) atoms. The summed E-state index contributed by atoms with van der Waals surface area (Å²) < 4.78 is 0. The van der Waals surface area contributed by atoms with Gasteiger partial charge in [-0.15, -0.1) is 0 Å². The molecule has 0 aromatic rings. The lowest BCUT2D eigenvalue weighted by molar-refractivity contribution is -0.144. The highest BCUT2D eigenvalue weighted by Crippen LogP contribution is 2.25. The first-order chi connectivity index (χ1) is 20.9. The molecule has 12 heteroatoms. The molecule has 1 aliphatic rings. The zero-order valence-electron chi connectivity index (χ0n) is 33.1. The number of amides is 2.